The summed E-state index contributed by atoms with van der Waals surface area (Å²) in [6.45, 7) is 24.5. The van der Waals surface area contributed by atoms with Gasteiger partial charge in [-0.25, -0.2) is 4.98 Å². The SMILES string of the molecule is C=C(C)c1coc2ccc(CCc3cnccc3N3C[C@@H](C)C(O[Si](C)(C)C(C)(C)C)[C@@H](C)C3)nc12. The highest BCUT2D eigenvalue weighted by Crippen LogP contribution is 2.41. The van der Waals surface area contributed by atoms with E-state index in [0.29, 0.717) is 17.9 Å². The quantitative estimate of drug-likeness (QED) is 0.311. The number of aromatic nitrogens is 2. The predicted octanol–water partition coefficient (Wildman–Crippen LogP) is 7.52. The van der Waals surface area contributed by atoms with E-state index in [9.17, 15) is 0 Å². The Bertz CT molecular complexity index is 1210. The van der Waals surface area contributed by atoms with Gasteiger partial charge >= 0.3 is 0 Å². The number of aryl methyl sites for hydroxylation is 2. The second-order valence-electron chi connectivity index (χ2n) is 12.3. The molecule has 3 atom stereocenters. The van der Waals surface area contributed by atoms with E-state index < -0.39 is 8.32 Å². The molecule has 6 heteroatoms. The van der Waals surface area contributed by atoms with E-state index in [0.717, 1.165) is 53.9 Å². The van der Waals surface area contributed by atoms with Crippen molar-refractivity contribution in [1.82, 2.24) is 9.97 Å². The molecule has 1 aliphatic heterocycles. The summed E-state index contributed by atoms with van der Waals surface area (Å²) < 4.78 is 12.6. The highest BCUT2D eigenvalue weighted by atomic mass is 28.4. The van der Waals surface area contributed by atoms with Crippen LogP contribution in [0.4, 0.5) is 5.69 Å². The molecule has 0 aromatic carbocycles. The molecule has 0 bridgehead atoms. The van der Waals surface area contributed by atoms with Crippen LogP contribution in [-0.4, -0.2) is 37.5 Å². The molecule has 0 N–H and O–H groups in total. The van der Waals surface area contributed by atoms with Crippen molar-refractivity contribution in [2.45, 2.75) is 78.6 Å². The van der Waals surface area contributed by atoms with Crippen LogP contribution in [-0.2, 0) is 17.3 Å². The standard InChI is InChI=1S/C30H43N3O2Si/c1-20(2)25-19-34-27-13-12-24(32-28(25)27)11-10-23-16-31-15-14-26(23)33-17-21(3)29(22(4)18-33)35-36(8,9)30(5,6)7/h12-16,19,21-22,29H,1,10-11,17-18H2,2-9H3/t21-,22+,29?. The van der Waals surface area contributed by atoms with Crippen LogP contribution in [0.2, 0.25) is 18.1 Å². The Morgan fingerprint density at radius 1 is 1.14 bits per heavy atom. The first-order chi connectivity index (χ1) is 16.9. The van der Waals surface area contributed by atoms with Crippen LogP contribution >= 0.6 is 0 Å². The van der Waals surface area contributed by atoms with E-state index in [1.807, 2.05) is 25.4 Å². The fourth-order valence-corrected chi connectivity index (χ4v) is 6.56. The van der Waals surface area contributed by atoms with Crippen molar-refractivity contribution >= 4 is 30.7 Å². The van der Waals surface area contributed by atoms with Crippen molar-refractivity contribution < 1.29 is 8.84 Å². The number of piperidine rings is 1. The van der Waals surface area contributed by atoms with Gasteiger partial charge in [-0.1, -0.05) is 41.2 Å². The third kappa shape index (κ3) is 5.45. The molecule has 1 unspecified atom stereocenters. The number of anilines is 1. The summed E-state index contributed by atoms with van der Waals surface area (Å²) in [5.41, 5.74) is 7.29. The van der Waals surface area contributed by atoms with Crippen molar-refractivity contribution in [3.63, 3.8) is 0 Å². The summed E-state index contributed by atoms with van der Waals surface area (Å²) in [6, 6.07) is 6.26. The summed E-state index contributed by atoms with van der Waals surface area (Å²) in [7, 11) is -1.81. The lowest BCUT2D eigenvalue weighted by Gasteiger charge is -2.48. The molecule has 0 spiro atoms. The maximum absolute atomic E-state index is 6.92. The Morgan fingerprint density at radius 2 is 1.83 bits per heavy atom. The van der Waals surface area contributed by atoms with Gasteiger partial charge in [0, 0.05) is 42.4 Å². The van der Waals surface area contributed by atoms with Gasteiger partial charge in [-0.3, -0.25) is 4.98 Å². The molecular weight excluding hydrogens is 462 g/mol. The van der Waals surface area contributed by atoms with Crippen LogP contribution in [0.1, 0.15) is 58.4 Å². The van der Waals surface area contributed by atoms with Gasteiger partial charge in [0.05, 0.1) is 6.10 Å². The van der Waals surface area contributed by atoms with Crippen molar-refractivity contribution in [2.75, 3.05) is 18.0 Å². The zero-order chi connectivity index (χ0) is 26.3. The fourth-order valence-electron chi connectivity index (χ4n) is 5.06. The van der Waals surface area contributed by atoms with Crippen LogP contribution in [0.5, 0.6) is 0 Å². The van der Waals surface area contributed by atoms with E-state index in [1.54, 1.807) is 6.26 Å². The Hall–Kier alpha value is -2.44. The van der Waals surface area contributed by atoms with Gasteiger partial charge in [0.25, 0.3) is 0 Å². The lowest BCUT2D eigenvalue weighted by molar-refractivity contribution is 0.0627. The first-order valence-corrected chi connectivity index (χ1v) is 16.2. The average Bonchev–Trinajstić information content (AvgIpc) is 3.23. The van der Waals surface area contributed by atoms with Crippen LogP contribution in [0.15, 0.2) is 47.9 Å². The van der Waals surface area contributed by atoms with E-state index in [2.05, 4.69) is 76.3 Å². The van der Waals surface area contributed by atoms with E-state index in [4.69, 9.17) is 13.8 Å². The van der Waals surface area contributed by atoms with Crippen molar-refractivity contribution in [2.24, 2.45) is 11.8 Å². The largest absolute Gasteiger partial charge is 0.462 e. The van der Waals surface area contributed by atoms with Crippen LogP contribution in [0.3, 0.4) is 0 Å². The molecule has 4 rings (SSSR count). The zero-order valence-corrected chi connectivity index (χ0v) is 24.4. The van der Waals surface area contributed by atoms with Gasteiger partial charge in [-0.15, -0.1) is 0 Å². The van der Waals surface area contributed by atoms with Gasteiger partial charge in [0.15, 0.2) is 13.9 Å². The number of nitrogens with zero attached hydrogens (tertiary/aromatic N) is 3. The van der Waals surface area contributed by atoms with Gasteiger partial charge in [-0.05, 0) is 79.1 Å². The fraction of sp³-hybridized carbons (Fsp3) is 0.533. The predicted molar refractivity (Wildman–Crippen MR) is 153 cm³/mol. The van der Waals surface area contributed by atoms with E-state index in [1.165, 1.54) is 11.3 Å². The number of fused-ring (bicyclic) bond motifs is 1. The van der Waals surface area contributed by atoms with Gasteiger partial charge < -0.3 is 13.7 Å². The summed E-state index contributed by atoms with van der Waals surface area (Å²) in [4.78, 5) is 11.9. The summed E-state index contributed by atoms with van der Waals surface area (Å²) >= 11 is 0. The van der Waals surface area contributed by atoms with Crippen molar-refractivity contribution in [3.05, 3.63) is 60.3 Å². The Balaban J connectivity index is 1.49. The smallest absolute Gasteiger partial charge is 0.192 e. The Morgan fingerprint density at radius 3 is 2.47 bits per heavy atom. The number of hydrogen-bond acceptors (Lipinski definition) is 5. The summed E-state index contributed by atoms with van der Waals surface area (Å²) in [6.07, 6.45) is 7.75. The number of hydrogen-bond donors (Lipinski definition) is 0. The third-order valence-corrected chi connectivity index (χ3v) is 12.7. The average molecular weight is 506 g/mol. The topological polar surface area (TPSA) is 51.4 Å². The maximum Gasteiger partial charge on any atom is 0.192 e. The molecule has 3 aromatic heterocycles. The second kappa shape index (κ2) is 10.1. The molecule has 5 nitrogen and oxygen atoms in total. The van der Waals surface area contributed by atoms with Gasteiger partial charge in [0.2, 0.25) is 0 Å². The van der Waals surface area contributed by atoms with Gasteiger partial charge in [0.1, 0.15) is 11.8 Å². The first kappa shape index (κ1) is 26.6. The third-order valence-electron chi connectivity index (χ3n) is 8.18. The molecule has 0 radical (unpaired) electrons. The molecule has 1 saturated heterocycles. The maximum atomic E-state index is 6.92. The van der Waals surface area contributed by atoms with E-state index >= 15 is 0 Å². The van der Waals surface area contributed by atoms with Crippen molar-refractivity contribution in [1.29, 1.82) is 0 Å². The summed E-state index contributed by atoms with van der Waals surface area (Å²) in [5.74, 6) is 0.934. The highest BCUT2D eigenvalue weighted by molar-refractivity contribution is 6.74. The van der Waals surface area contributed by atoms with Crippen LogP contribution < -0.4 is 4.90 Å². The molecule has 3 aromatic rings. The molecule has 36 heavy (non-hydrogen) atoms. The molecule has 4 heterocycles. The number of allylic oxidation sites excluding steroid dienone is 1. The van der Waals surface area contributed by atoms with E-state index in [-0.39, 0.29) is 5.04 Å². The second-order valence-corrected chi connectivity index (χ2v) is 17.0. The lowest BCUT2D eigenvalue weighted by atomic mass is 9.87. The lowest BCUT2D eigenvalue weighted by Crippen LogP contribution is -2.54. The van der Waals surface area contributed by atoms with Crippen LogP contribution in [0, 0.1) is 11.8 Å². The Kier molecular flexibility index (Phi) is 7.49. The minimum atomic E-state index is -1.81. The van der Waals surface area contributed by atoms with Crippen LogP contribution in [0.25, 0.3) is 16.7 Å². The minimum absolute atomic E-state index is 0.223. The monoisotopic (exact) mass is 505 g/mol. The molecule has 1 fully saturated rings. The minimum Gasteiger partial charge on any atom is -0.462 e. The number of furan rings is 1. The molecule has 0 amide bonds. The molecule has 0 saturated carbocycles. The van der Waals surface area contributed by atoms with Gasteiger partial charge in [-0.2, -0.15) is 0 Å². The normalized spacial score (nSPS) is 21.2. The number of rotatable bonds is 7. The Labute approximate surface area is 218 Å². The molecule has 194 valence electrons. The van der Waals surface area contributed by atoms with Crippen molar-refractivity contribution in [3.8, 4) is 0 Å². The zero-order valence-electron chi connectivity index (χ0n) is 23.4. The molecule has 0 aliphatic carbocycles. The molecular formula is C30H43N3O2Si. The molecule has 1 aliphatic rings. The first-order valence-electron chi connectivity index (χ1n) is 13.3. The number of pyridine rings is 2. The summed E-state index contributed by atoms with van der Waals surface area (Å²) in [5, 5.41) is 0.223. The highest BCUT2D eigenvalue weighted by Gasteiger charge is 2.43.